The van der Waals surface area contributed by atoms with Crippen molar-refractivity contribution in [2.45, 2.75) is 31.1 Å². The minimum Gasteiger partial charge on any atom is -0.379 e. The van der Waals surface area contributed by atoms with E-state index >= 15 is 0 Å². The minimum atomic E-state index is -3.70. The quantitative estimate of drug-likeness (QED) is 0.759. The fraction of sp³-hybridized carbons (Fsp3) is 0.409. The Balaban J connectivity index is 1.79. The molecule has 0 aromatic heterocycles. The highest BCUT2D eigenvalue weighted by atomic mass is 32.2. The number of hydrogen-bond donors (Lipinski definition) is 1. The molecular formula is C22H27FN2O4S. The predicted molar refractivity (Wildman–Crippen MR) is 113 cm³/mol. The van der Waals surface area contributed by atoms with Crippen molar-refractivity contribution < 1.29 is 22.3 Å². The van der Waals surface area contributed by atoms with Gasteiger partial charge in [0.05, 0.1) is 18.1 Å². The van der Waals surface area contributed by atoms with Gasteiger partial charge in [-0.2, -0.15) is 4.31 Å². The number of morpholine rings is 1. The molecule has 1 aliphatic heterocycles. The smallest absolute Gasteiger partial charge is 0.251 e. The molecule has 1 heterocycles. The number of carbonyl (C=O) groups excluding carboxylic acids is 1. The third-order valence-corrected chi connectivity index (χ3v) is 7.25. The molecule has 8 heteroatoms. The van der Waals surface area contributed by atoms with Gasteiger partial charge in [-0.25, -0.2) is 12.8 Å². The van der Waals surface area contributed by atoms with Gasteiger partial charge in [0.25, 0.3) is 5.91 Å². The number of halogens is 1. The lowest BCUT2D eigenvalue weighted by atomic mass is 9.84. The topological polar surface area (TPSA) is 75.7 Å². The lowest BCUT2D eigenvalue weighted by Crippen LogP contribution is -2.40. The van der Waals surface area contributed by atoms with Crippen LogP contribution in [0.25, 0.3) is 0 Å². The molecule has 0 aliphatic carbocycles. The standard InChI is InChI=1S/C22H27FN2O4S/c1-16-8-9-17(30(27,28)25-10-12-29-13-11-25)14-18(16)21(26)24-15-22(2,3)19-6-4-5-7-20(19)23/h4-9,14H,10-13,15H2,1-3H3,(H,24,26). The fourth-order valence-corrected chi connectivity index (χ4v) is 4.88. The van der Waals surface area contributed by atoms with Crippen LogP contribution in [0.2, 0.25) is 0 Å². The normalized spacial score (nSPS) is 15.7. The second-order valence-corrected chi connectivity index (χ2v) is 9.98. The first-order valence-electron chi connectivity index (χ1n) is 9.85. The number of sulfonamides is 1. The first-order chi connectivity index (χ1) is 14.1. The third-order valence-electron chi connectivity index (χ3n) is 5.36. The van der Waals surface area contributed by atoms with Gasteiger partial charge in [0.15, 0.2) is 0 Å². The van der Waals surface area contributed by atoms with E-state index in [4.69, 9.17) is 4.74 Å². The van der Waals surface area contributed by atoms with Crippen LogP contribution < -0.4 is 5.32 Å². The van der Waals surface area contributed by atoms with Crippen molar-refractivity contribution in [3.8, 4) is 0 Å². The Labute approximate surface area is 177 Å². The van der Waals surface area contributed by atoms with E-state index in [1.165, 1.54) is 22.5 Å². The first-order valence-corrected chi connectivity index (χ1v) is 11.3. The zero-order valence-electron chi connectivity index (χ0n) is 17.4. The van der Waals surface area contributed by atoms with E-state index in [1.54, 1.807) is 31.2 Å². The maximum absolute atomic E-state index is 14.2. The summed E-state index contributed by atoms with van der Waals surface area (Å²) in [4.78, 5) is 12.9. The molecule has 162 valence electrons. The van der Waals surface area contributed by atoms with Crippen molar-refractivity contribution in [1.82, 2.24) is 9.62 Å². The maximum atomic E-state index is 14.2. The molecule has 2 aromatic carbocycles. The van der Waals surface area contributed by atoms with Crippen LogP contribution >= 0.6 is 0 Å². The monoisotopic (exact) mass is 434 g/mol. The van der Waals surface area contributed by atoms with E-state index in [2.05, 4.69) is 5.32 Å². The van der Waals surface area contributed by atoms with Crippen LogP contribution in [0, 0.1) is 12.7 Å². The van der Waals surface area contributed by atoms with Gasteiger partial charge in [-0.15, -0.1) is 0 Å². The number of amides is 1. The molecule has 0 atom stereocenters. The summed E-state index contributed by atoms with van der Waals surface area (Å²) < 4.78 is 46.6. The molecule has 0 bridgehead atoms. The molecule has 1 saturated heterocycles. The van der Waals surface area contributed by atoms with E-state index < -0.39 is 21.3 Å². The van der Waals surface area contributed by atoms with Gasteiger partial charge >= 0.3 is 0 Å². The molecule has 30 heavy (non-hydrogen) atoms. The molecular weight excluding hydrogens is 407 g/mol. The van der Waals surface area contributed by atoms with Gasteiger partial charge in [-0.05, 0) is 36.2 Å². The first kappa shape index (κ1) is 22.4. The van der Waals surface area contributed by atoms with Crippen LogP contribution in [-0.4, -0.2) is 51.5 Å². The SMILES string of the molecule is Cc1ccc(S(=O)(=O)N2CCOCC2)cc1C(=O)NCC(C)(C)c1ccccc1F. The highest BCUT2D eigenvalue weighted by molar-refractivity contribution is 7.89. The summed E-state index contributed by atoms with van der Waals surface area (Å²) in [7, 11) is -3.70. The Morgan fingerprint density at radius 3 is 2.50 bits per heavy atom. The average Bonchev–Trinajstić information content (AvgIpc) is 2.73. The Hall–Kier alpha value is -2.29. The van der Waals surface area contributed by atoms with Crippen molar-refractivity contribution in [2.75, 3.05) is 32.8 Å². The van der Waals surface area contributed by atoms with Gasteiger partial charge in [0, 0.05) is 30.6 Å². The number of nitrogens with one attached hydrogen (secondary N) is 1. The van der Waals surface area contributed by atoms with E-state index in [1.807, 2.05) is 13.8 Å². The zero-order chi connectivity index (χ0) is 21.9. The number of nitrogens with zero attached hydrogens (tertiary/aromatic N) is 1. The van der Waals surface area contributed by atoms with Crippen LogP contribution in [0.1, 0.15) is 35.3 Å². The van der Waals surface area contributed by atoms with E-state index in [0.717, 1.165) is 0 Å². The molecule has 1 aliphatic rings. The summed E-state index contributed by atoms with van der Waals surface area (Å²) in [5.41, 5.74) is 0.823. The van der Waals surface area contributed by atoms with Crippen molar-refractivity contribution in [3.63, 3.8) is 0 Å². The second kappa shape index (κ2) is 8.83. The van der Waals surface area contributed by atoms with Crippen molar-refractivity contribution >= 4 is 15.9 Å². The summed E-state index contributed by atoms with van der Waals surface area (Å²) in [6.07, 6.45) is 0. The number of benzene rings is 2. The summed E-state index contributed by atoms with van der Waals surface area (Å²) in [5, 5.41) is 2.83. The van der Waals surface area contributed by atoms with E-state index in [0.29, 0.717) is 24.3 Å². The molecule has 6 nitrogen and oxygen atoms in total. The Kier molecular flexibility index (Phi) is 6.59. The van der Waals surface area contributed by atoms with Crippen LogP contribution in [-0.2, 0) is 20.2 Å². The molecule has 0 radical (unpaired) electrons. The molecule has 0 saturated carbocycles. The summed E-state index contributed by atoms with van der Waals surface area (Å²) in [6.45, 7) is 6.92. The van der Waals surface area contributed by atoms with Crippen LogP contribution in [0.4, 0.5) is 4.39 Å². The highest BCUT2D eigenvalue weighted by Gasteiger charge is 2.28. The maximum Gasteiger partial charge on any atom is 0.251 e. The van der Waals surface area contributed by atoms with Gasteiger partial charge in [0.1, 0.15) is 5.82 Å². The minimum absolute atomic E-state index is 0.0773. The van der Waals surface area contributed by atoms with Crippen molar-refractivity contribution in [1.29, 1.82) is 0 Å². The van der Waals surface area contributed by atoms with Crippen LogP contribution in [0.3, 0.4) is 0 Å². The fourth-order valence-electron chi connectivity index (χ4n) is 3.44. The lowest BCUT2D eigenvalue weighted by Gasteiger charge is -2.27. The third kappa shape index (κ3) is 4.71. The summed E-state index contributed by atoms with van der Waals surface area (Å²) in [5.74, 6) is -0.720. The lowest BCUT2D eigenvalue weighted by molar-refractivity contribution is 0.0730. The summed E-state index contributed by atoms with van der Waals surface area (Å²) in [6, 6.07) is 11.0. The van der Waals surface area contributed by atoms with Gasteiger partial charge in [-0.1, -0.05) is 38.1 Å². The Bertz CT molecular complexity index is 1030. The molecule has 2 aromatic rings. The number of aryl methyl sites for hydroxylation is 1. The van der Waals surface area contributed by atoms with E-state index in [-0.39, 0.29) is 35.9 Å². The van der Waals surface area contributed by atoms with Crippen LogP contribution in [0.5, 0.6) is 0 Å². The van der Waals surface area contributed by atoms with Gasteiger partial charge in [-0.3, -0.25) is 4.79 Å². The van der Waals surface area contributed by atoms with E-state index in [9.17, 15) is 17.6 Å². The van der Waals surface area contributed by atoms with Gasteiger partial charge in [0.2, 0.25) is 10.0 Å². The number of rotatable bonds is 6. The van der Waals surface area contributed by atoms with Gasteiger partial charge < -0.3 is 10.1 Å². The average molecular weight is 435 g/mol. The Morgan fingerprint density at radius 2 is 1.83 bits per heavy atom. The second-order valence-electron chi connectivity index (χ2n) is 8.04. The summed E-state index contributed by atoms with van der Waals surface area (Å²) >= 11 is 0. The van der Waals surface area contributed by atoms with Crippen LogP contribution in [0.15, 0.2) is 47.4 Å². The highest BCUT2D eigenvalue weighted by Crippen LogP contribution is 2.25. The molecule has 0 spiro atoms. The zero-order valence-corrected chi connectivity index (χ0v) is 18.3. The number of carbonyl (C=O) groups is 1. The largest absolute Gasteiger partial charge is 0.379 e. The molecule has 1 fully saturated rings. The number of hydrogen-bond acceptors (Lipinski definition) is 4. The number of ether oxygens (including phenoxy) is 1. The molecule has 1 N–H and O–H groups in total. The van der Waals surface area contributed by atoms with Crippen molar-refractivity contribution in [2.24, 2.45) is 0 Å². The molecule has 0 unspecified atom stereocenters. The molecule has 3 rings (SSSR count). The Morgan fingerprint density at radius 1 is 1.17 bits per heavy atom. The predicted octanol–water partition coefficient (Wildman–Crippen LogP) is 2.86. The van der Waals surface area contributed by atoms with Crippen molar-refractivity contribution in [3.05, 3.63) is 65.0 Å². The molecule has 1 amide bonds.